The zero-order chi connectivity index (χ0) is 24.4. The summed E-state index contributed by atoms with van der Waals surface area (Å²) in [5, 5.41) is 6.16. The first-order valence-corrected chi connectivity index (χ1v) is 11.5. The molecule has 9 heteroatoms. The molecule has 176 valence electrons. The predicted molar refractivity (Wildman–Crippen MR) is 130 cm³/mol. The molecule has 0 spiro atoms. The Morgan fingerprint density at radius 3 is 2.47 bits per heavy atom. The van der Waals surface area contributed by atoms with Crippen molar-refractivity contribution in [1.29, 1.82) is 0 Å². The number of carbonyl (C=O) groups excluding carboxylic acids is 3. The van der Waals surface area contributed by atoms with Gasteiger partial charge in [-0.2, -0.15) is 0 Å². The van der Waals surface area contributed by atoms with E-state index in [1.54, 1.807) is 32.9 Å². The van der Waals surface area contributed by atoms with Crippen molar-refractivity contribution in [2.45, 2.75) is 39.1 Å². The van der Waals surface area contributed by atoms with Gasteiger partial charge in [0.25, 0.3) is 0 Å². The number of carbonyl (C=O) groups is 3. The molecule has 8 nitrogen and oxygen atoms in total. The van der Waals surface area contributed by atoms with E-state index in [1.807, 2.05) is 62.4 Å². The van der Waals surface area contributed by atoms with Crippen molar-refractivity contribution >= 4 is 31.2 Å². The fraction of sp³-hybridized carbons (Fsp3) is 0.400. The Morgan fingerprint density at radius 1 is 1.09 bits per heavy atom. The second-order valence-electron chi connectivity index (χ2n) is 9.24. The largest absolute Gasteiger partial charge is 0.334 e. The SMILES string of the molecule is [B]c1cccc(CN2C[C@H]3N(C(=O)CN(C)N3C(=O)NCc3ccccc3)[C@@H](C(C)C)C2=O)c1. The maximum Gasteiger partial charge on any atom is 0.334 e. The molecule has 0 unspecified atom stereocenters. The molecule has 4 amide bonds. The third-order valence-corrected chi connectivity index (χ3v) is 6.32. The molecular formula is C25H30BN5O3. The highest BCUT2D eigenvalue weighted by Crippen LogP contribution is 2.29. The van der Waals surface area contributed by atoms with E-state index in [9.17, 15) is 14.4 Å². The molecule has 2 radical (unpaired) electrons. The normalized spacial score (nSPS) is 21.1. The van der Waals surface area contributed by atoms with Gasteiger partial charge in [-0.1, -0.05) is 73.9 Å². The van der Waals surface area contributed by atoms with Crippen LogP contribution in [0.15, 0.2) is 54.6 Å². The molecule has 2 fully saturated rings. The zero-order valence-corrected chi connectivity index (χ0v) is 19.8. The van der Waals surface area contributed by atoms with E-state index in [2.05, 4.69) is 5.32 Å². The Bertz CT molecular complexity index is 1060. The number of rotatable bonds is 5. The molecule has 0 saturated carbocycles. The highest BCUT2D eigenvalue weighted by Gasteiger charge is 2.51. The molecule has 2 atom stereocenters. The van der Waals surface area contributed by atoms with E-state index < -0.39 is 12.2 Å². The Labute approximate surface area is 201 Å². The van der Waals surface area contributed by atoms with Crippen molar-refractivity contribution in [2.75, 3.05) is 20.1 Å². The second kappa shape index (κ2) is 9.89. The van der Waals surface area contributed by atoms with Crippen LogP contribution in [0.4, 0.5) is 4.79 Å². The van der Waals surface area contributed by atoms with Gasteiger partial charge in [0.2, 0.25) is 11.8 Å². The fourth-order valence-electron chi connectivity index (χ4n) is 4.77. The quantitative estimate of drug-likeness (QED) is 0.679. The summed E-state index contributed by atoms with van der Waals surface area (Å²) in [6.07, 6.45) is -0.604. The van der Waals surface area contributed by atoms with Crippen LogP contribution in [-0.2, 0) is 22.7 Å². The molecule has 1 N–H and O–H groups in total. The topological polar surface area (TPSA) is 76.2 Å². The summed E-state index contributed by atoms with van der Waals surface area (Å²) in [7, 11) is 7.66. The molecule has 0 aromatic heterocycles. The fourth-order valence-corrected chi connectivity index (χ4v) is 4.77. The van der Waals surface area contributed by atoms with Crippen LogP contribution in [0.1, 0.15) is 25.0 Å². The Kier molecular flexibility index (Phi) is 6.93. The highest BCUT2D eigenvalue weighted by atomic mass is 16.2. The van der Waals surface area contributed by atoms with E-state index in [-0.39, 0.29) is 36.9 Å². The van der Waals surface area contributed by atoms with Gasteiger partial charge in [-0.3, -0.25) is 9.59 Å². The van der Waals surface area contributed by atoms with Crippen molar-refractivity contribution in [1.82, 2.24) is 25.1 Å². The molecule has 0 aliphatic carbocycles. The zero-order valence-electron chi connectivity index (χ0n) is 19.8. The minimum absolute atomic E-state index is 0.0287. The number of benzene rings is 2. The number of nitrogens with zero attached hydrogens (tertiary/aromatic N) is 4. The summed E-state index contributed by atoms with van der Waals surface area (Å²) in [6.45, 7) is 4.82. The molecule has 2 heterocycles. The van der Waals surface area contributed by atoms with Gasteiger partial charge in [0, 0.05) is 20.1 Å². The number of piperazine rings is 1. The summed E-state index contributed by atoms with van der Waals surface area (Å²) in [4.78, 5) is 43.2. The van der Waals surface area contributed by atoms with Gasteiger partial charge < -0.3 is 15.1 Å². The van der Waals surface area contributed by atoms with Crippen LogP contribution >= 0.6 is 0 Å². The lowest BCUT2D eigenvalue weighted by molar-refractivity contribution is -0.190. The van der Waals surface area contributed by atoms with Gasteiger partial charge in [-0.25, -0.2) is 14.8 Å². The van der Waals surface area contributed by atoms with Crippen molar-refractivity contribution in [3.8, 4) is 0 Å². The molecule has 34 heavy (non-hydrogen) atoms. The number of urea groups is 1. The molecule has 2 aliphatic heterocycles. The van der Waals surface area contributed by atoms with Crippen LogP contribution in [0.5, 0.6) is 0 Å². The smallest absolute Gasteiger partial charge is 0.333 e. The van der Waals surface area contributed by atoms with Crippen LogP contribution in [0, 0.1) is 5.92 Å². The maximum atomic E-state index is 13.5. The van der Waals surface area contributed by atoms with Crippen LogP contribution in [0.3, 0.4) is 0 Å². The standard InChI is InChI=1S/C25H30BN5O3/c1-17(2)23-24(33)29(14-19-10-7-11-20(26)12-19)15-21-30(23)22(32)16-28(3)31(21)25(34)27-13-18-8-5-4-6-9-18/h4-12,17,21,23H,13-16H2,1-3H3,(H,27,34)/t21-,23-/m0/s1. The lowest BCUT2D eigenvalue weighted by atomic mass is 9.93. The van der Waals surface area contributed by atoms with E-state index in [0.717, 1.165) is 11.1 Å². The van der Waals surface area contributed by atoms with E-state index in [1.165, 1.54) is 0 Å². The van der Waals surface area contributed by atoms with Crippen molar-refractivity contribution in [3.63, 3.8) is 0 Å². The molecule has 2 saturated heterocycles. The summed E-state index contributed by atoms with van der Waals surface area (Å²) in [5.41, 5.74) is 2.50. The van der Waals surface area contributed by atoms with Crippen molar-refractivity contribution < 1.29 is 14.4 Å². The molecule has 2 aliphatic rings. The number of amides is 4. The lowest BCUT2D eigenvalue weighted by Gasteiger charge is -2.55. The van der Waals surface area contributed by atoms with Crippen LogP contribution in [-0.4, -0.2) is 77.9 Å². The molecular weight excluding hydrogens is 429 g/mol. The first-order chi connectivity index (χ1) is 16.3. The number of hydrazine groups is 1. The number of likely N-dealkylation sites (N-methyl/N-ethyl adjacent to an activating group) is 1. The van der Waals surface area contributed by atoms with E-state index in [4.69, 9.17) is 7.85 Å². The lowest BCUT2D eigenvalue weighted by Crippen LogP contribution is -2.76. The van der Waals surface area contributed by atoms with Gasteiger partial charge in [-0.05, 0) is 17.0 Å². The average molecular weight is 459 g/mol. The maximum absolute atomic E-state index is 13.5. The summed E-state index contributed by atoms with van der Waals surface area (Å²) >= 11 is 0. The third-order valence-electron chi connectivity index (χ3n) is 6.32. The van der Waals surface area contributed by atoms with Crippen molar-refractivity contribution in [2.24, 2.45) is 5.92 Å². The third kappa shape index (κ3) is 4.80. The van der Waals surface area contributed by atoms with Crippen molar-refractivity contribution in [3.05, 3.63) is 65.7 Å². The molecule has 2 aromatic carbocycles. The van der Waals surface area contributed by atoms with Gasteiger partial charge in [0.05, 0.1) is 13.1 Å². The molecule has 0 bridgehead atoms. The Hall–Kier alpha value is -3.33. The number of hydrogen-bond acceptors (Lipinski definition) is 4. The molecule has 2 aromatic rings. The van der Waals surface area contributed by atoms with Crippen LogP contribution in [0.25, 0.3) is 0 Å². The van der Waals surface area contributed by atoms with E-state index >= 15 is 0 Å². The van der Waals surface area contributed by atoms with Gasteiger partial charge in [-0.15, -0.1) is 0 Å². The van der Waals surface area contributed by atoms with Crippen LogP contribution < -0.4 is 10.8 Å². The molecule has 4 rings (SSSR count). The first kappa shape index (κ1) is 23.8. The average Bonchev–Trinajstić information content (AvgIpc) is 2.79. The van der Waals surface area contributed by atoms with Gasteiger partial charge in [0.15, 0.2) is 0 Å². The minimum atomic E-state index is -0.648. The predicted octanol–water partition coefficient (Wildman–Crippen LogP) is 1.07. The Morgan fingerprint density at radius 2 is 1.79 bits per heavy atom. The minimum Gasteiger partial charge on any atom is -0.333 e. The first-order valence-electron chi connectivity index (χ1n) is 11.5. The summed E-state index contributed by atoms with van der Waals surface area (Å²) < 4.78 is 0. The highest BCUT2D eigenvalue weighted by molar-refractivity contribution is 6.32. The summed E-state index contributed by atoms with van der Waals surface area (Å²) in [6, 6.07) is 16.1. The van der Waals surface area contributed by atoms with Gasteiger partial charge in [0.1, 0.15) is 20.1 Å². The summed E-state index contributed by atoms with van der Waals surface area (Å²) in [5.74, 6) is -0.383. The van der Waals surface area contributed by atoms with Gasteiger partial charge >= 0.3 is 6.03 Å². The number of fused-ring (bicyclic) bond motifs is 1. The Balaban J connectivity index is 1.61. The number of hydrogen-bond donors (Lipinski definition) is 1. The second-order valence-corrected chi connectivity index (χ2v) is 9.24. The monoisotopic (exact) mass is 459 g/mol. The van der Waals surface area contributed by atoms with Crippen LogP contribution in [0.2, 0.25) is 0 Å². The number of nitrogens with one attached hydrogen (secondary N) is 1. The van der Waals surface area contributed by atoms with E-state index in [0.29, 0.717) is 18.6 Å².